The molecule has 40 heavy (non-hydrogen) atoms. The maximum Gasteiger partial charge on any atom is 0.490 e. The minimum absolute atomic E-state index is 0.0643. The van der Waals surface area contributed by atoms with E-state index in [-0.39, 0.29) is 5.91 Å². The molecule has 0 fully saturated rings. The third kappa shape index (κ3) is 7.52. The van der Waals surface area contributed by atoms with Gasteiger partial charge in [-0.2, -0.15) is 31.4 Å². The zero-order valence-corrected chi connectivity index (χ0v) is 19.9. The van der Waals surface area contributed by atoms with Crippen LogP contribution in [0.3, 0.4) is 0 Å². The van der Waals surface area contributed by atoms with E-state index in [1.807, 2.05) is 42.6 Å². The van der Waals surface area contributed by atoms with Gasteiger partial charge >= 0.3 is 24.3 Å². The van der Waals surface area contributed by atoms with E-state index in [9.17, 15) is 31.1 Å². The van der Waals surface area contributed by atoms with Gasteiger partial charge in [-0.25, -0.2) is 14.3 Å². The third-order valence-corrected chi connectivity index (χ3v) is 5.06. The fourth-order valence-electron chi connectivity index (χ4n) is 3.24. The summed E-state index contributed by atoms with van der Waals surface area (Å²) in [7, 11) is 0. The van der Waals surface area contributed by atoms with Crippen molar-refractivity contribution in [2.24, 2.45) is 0 Å². The molecule has 10 nitrogen and oxygen atoms in total. The second-order valence-electron chi connectivity index (χ2n) is 7.86. The first-order valence-electron chi connectivity index (χ1n) is 11.0. The summed E-state index contributed by atoms with van der Waals surface area (Å²) in [5.41, 5.74) is 5.06. The number of carboxylic acids is 2. The lowest BCUT2D eigenvalue weighted by Crippen LogP contribution is -2.31. The van der Waals surface area contributed by atoms with E-state index in [0.29, 0.717) is 12.1 Å². The molecule has 0 saturated heterocycles. The Bertz CT molecular complexity index is 1530. The molecule has 1 amide bonds. The molecule has 0 aliphatic carbocycles. The third-order valence-electron chi connectivity index (χ3n) is 5.06. The number of rotatable bonds is 2. The topological polar surface area (TPSA) is 147 Å². The van der Waals surface area contributed by atoms with Crippen LogP contribution in [0.25, 0.3) is 27.8 Å². The van der Waals surface area contributed by atoms with Gasteiger partial charge in [-0.3, -0.25) is 14.8 Å². The monoisotopic (exact) mass is 569 g/mol. The average Bonchev–Trinajstić information content (AvgIpc) is 3.34. The van der Waals surface area contributed by atoms with Gasteiger partial charge in [0.25, 0.3) is 5.91 Å². The number of carbonyl (C=O) groups is 3. The molecule has 3 aromatic heterocycles. The van der Waals surface area contributed by atoms with Gasteiger partial charge in [-0.15, -0.1) is 0 Å². The molecule has 4 heterocycles. The number of nitrogens with zero attached hydrogens (tertiary/aromatic N) is 4. The number of fused-ring (bicyclic) bond motifs is 2. The number of hydrogen-bond donors (Lipinski definition) is 3. The van der Waals surface area contributed by atoms with Crippen molar-refractivity contribution in [1.82, 2.24) is 25.1 Å². The largest absolute Gasteiger partial charge is 0.490 e. The minimum Gasteiger partial charge on any atom is -0.475 e. The van der Waals surface area contributed by atoms with Crippen molar-refractivity contribution in [2.75, 3.05) is 6.54 Å². The van der Waals surface area contributed by atoms with Gasteiger partial charge in [-0.1, -0.05) is 18.2 Å². The Morgan fingerprint density at radius 3 is 2.15 bits per heavy atom. The first-order valence-corrected chi connectivity index (χ1v) is 11.0. The van der Waals surface area contributed by atoms with E-state index in [4.69, 9.17) is 19.8 Å². The predicted molar refractivity (Wildman–Crippen MR) is 126 cm³/mol. The SMILES string of the molecule is O=C(O)C(F)(F)F.O=C(O)C(F)(F)F.O=C1NCCc2nn(-c3ccnc(-c4cnc5ccccc5c4)c3)cc21. The van der Waals surface area contributed by atoms with Crippen LogP contribution in [-0.4, -0.2) is 66.7 Å². The van der Waals surface area contributed by atoms with Crippen molar-refractivity contribution in [1.29, 1.82) is 0 Å². The summed E-state index contributed by atoms with van der Waals surface area (Å²) in [5.74, 6) is -5.58. The van der Waals surface area contributed by atoms with E-state index in [2.05, 4.69) is 26.4 Å². The summed E-state index contributed by atoms with van der Waals surface area (Å²) in [5, 5.41) is 22.7. The van der Waals surface area contributed by atoms with E-state index >= 15 is 0 Å². The molecule has 16 heteroatoms. The minimum atomic E-state index is -5.08. The molecular formula is C24H17F6N5O5. The summed E-state index contributed by atoms with van der Waals surface area (Å²) in [4.78, 5) is 38.7. The van der Waals surface area contributed by atoms with E-state index in [1.54, 1.807) is 17.1 Å². The first-order chi connectivity index (χ1) is 18.7. The standard InChI is InChI=1S/C20H15N5O.2C2HF3O2/c26-20-16-12-25(24-18(16)6-8-22-20)15-5-7-21-19(10-15)14-9-13-3-1-2-4-17(13)23-11-14;2*3-2(4,5)1(6)7/h1-5,7,9-12H,6,8H2,(H,22,26);2*(H,6,7). The molecular weight excluding hydrogens is 552 g/mol. The lowest BCUT2D eigenvalue weighted by Gasteiger charge is -2.09. The molecule has 1 aliphatic rings. The maximum atomic E-state index is 12.0. The van der Waals surface area contributed by atoms with Crippen LogP contribution in [0.15, 0.2) is 61.1 Å². The summed E-state index contributed by atoms with van der Waals surface area (Å²) in [6.45, 7) is 0.632. The van der Waals surface area contributed by atoms with Crippen molar-refractivity contribution in [2.45, 2.75) is 18.8 Å². The number of amides is 1. The Morgan fingerprint density at radius 1 is 0.925 bits per heavy atom. The Kier molecular flexibility index (Phi) is 8.71. The summed E-state index contributed by atoms with van der Waals surface area (Å²) < 4.78 is 65.2. The van der Waals surface area contributed by atoms with Crippen LogP contribution in [0.5, 0.6) is 0 Å². The van der Waals surface area contributed by atoms with Gasteiger partial charge in [0.2, 0.25) is 0 Å². The van der Waals surface area contributed by atoms with Crippen molar-refractivity contribution in [3.8, 4) is 16.9 Å². The highest BCUT2D eigenvalue weighted by Gasteiger charge is 2.38. The van der Waals surface area contributed by atoms with Crippen LogP contribution in [0, 0.1) is 0 Å². The number of para-hydroxylation sites is 1. The number of carbonyl (C=O) groups excluding carboxylic acids is 1. The smallest absolute Gasteiger partial charge is 0.475 e. The molecule has 5 rings (SSSR count). The number of pyridine rings is 2. The van der Waals surface area contributed by atoms with Gasteiger partial charge < -0.3 is 15.5 Å². The zero-order chi connectivity index (χ0) is 29.7. The highest BCUT2D eigenvalue weighted by atomic mass is 19.4. The first kappa shape index (κ1) is 29.5. The lowest BCUT2D eigenvalue weighted by atomic mass is 10.1. The number of aromatic nitrogens is 4. The van der Waals surface area contributed by atoms with E-state index in [1.165, 1.54) is 0 Å². The van der Waals surface area contributed by atoms with Crippen LogP contribution < -0.4 is 5.32 Å². The molecule has 210 valence electrons. The van der Waals surface area contributed by atoms with Gasteiger partial charge in [-0.05, 0) is 24.3 Å². The molecule has 0 atom stereocenters. The molecule has 0 bridgehead atoms. The van der Waals surface area contributed by atoms with Crippen LogP contribution in [0.2, 0.25) is 0 Å². The van der Waals surface area contributed by atoms with Crippen molar-refractivity contribution >= 4 is 28.7 Å². The van der Waals surface area contributed by atoms with Crippen molar-refractivity contribution in [3.63, 3.8) is 0 Å². The summed E-state index contributed by atoms with van der Waals surface area (Å²) >= 11 is 0. The fourth-order valence-corrected chi connectivity index (χ4v) is 3.24. The molecule has 3 N–H and O–H groups in total. The second-order valence-corrected chi connectivity index (χ2v) is 7.86. The quantitative estimate of drug-likeness (QED) is 0.307. The van der Waals surface area contributed by atoms with Crippen molar-refractivity contribution in [3.05, 3.63) is 72.3 Å². The Morgan fingerprint density at radius 2 is 1.55 bits per heavy atom. The predicted octanol–water partition coefficient (Wildman–Crippen LogP) is 4.04. The van der Waals surface area contributed by atoms with Gasteiger partial charge in [0.05, 0.1) is 28.2 Å². The van der Waals surface area contributed by atoms with Crippen LogP contribution in [0.1, 0.15) is 16.1 Å². The Labute approximate surface area is 219 Å². The van der Waals surface area contributed by atoms with Gasteiger partial charge in [0.1, 0.15) is 0 Å². The molecule has 0 radical (unpaired) electrons. The molecule has 0 saturated carbocycles. The normalized spacial score (nSPS) is 12.7. The number of benzene rings is 1. The molecule has 0 spiro atoms. The van der Waals surface area contributed by atoms with Crippen LogP contribution in [-0.2, 0) is 16.0 Å². The van der Waals surface area contributed by atoms with Gasteiger partial charge in [0, 0.05) is 42.5 Å². The molecule has 1 aliphatic heterocycles. The number of nitrogens with one attached hydrogen (secondary N) is 1. The number of carboxylic acid groups (broad SMARTS) is 2. The average molecular weight is 569 g/mol. The highest BCUT2D eigenvalue weighted by molar-refractivity contribution is 5.96. The molecule has 1 aromatic carbocycles. The van der Waals surface area contributed by atoms with E-state index in [0.717, 1.165) is 40.0 Å². The lowest BCUT2D eigenvalue weighted by molar-refractivity contribution is -0.193. The number of hydrogen-bond acceptors (Lipinski definition) is 6. The highest BCUT2D eigenvalue weighted by Crippen LogP contribution is 2.23. The zero-order valence-electron chi connectivity index (χ0n) is 19.9. The Hall–Kier alpha value is -5.02. The Balaban J connectivity index is 0.000000263. The number of alkyl halides is 6. The van der Waals surface area contributed by atoms with Crippen molar-refractivity contribution < 1.29 is 50.9 Å². The van der Waals surface area contributed by atoms with Crippen LogP contribution in [0.4, 0.5) is 26.3 Å². The van der Waals surface area contributed by atoms with Gasteiger partial charge in [0.15, 0.2) is 0 Å². The van der Waals surface area contributed by atoms with Crippen LogP contribution >= 0.6 is 0 Å². The van der Waals surface area contributed by atoms with E-state index < -0.39 is 24.3 Å². The molecule has 4 aromatic rings. The second kappa shape index (κ2) is 11.8. The fraction of sp³-hybridized carbons (Fsp3) is 0.167. The summed E-state index contributed by atoms with van der Waals surface area (Å²) in [6.07, 6.45) is -4.06. The summed E-state index contributed by atoms with van der Waals surface area (Å²) in [6, 6.07) is 13.9. The maximum absolute atomic E-state index is 12.0. The molecule has 0 unspecified atom stereocenters. The number of halogens is 6. The number of aliphatic carboxylic acids is 2.